The van der Waals surface area contributed by atoms with Gasteiger partial charge in [-0.15, -0.1) is 0 Å². The molecule has 2 heterocycles. The van der Waals surface area contributed by atoms with Gasteiger partial charge in [0.2, 0.25) is 17.7 Å². The number of rotatable bonds is 8. The third-order valence-corrected chi connectivity index (χ3v) is 6.47. The lowest BCUT2D eigenvalue weighted by Crippen LogP contribution is -2.45. The third kappa shape index (κ3) is 6.53. The molecule has 174 valence electrons. The fourth-order valence-electron chi connectivity index (χ4n) is 4.38. The number of benzene rings is 1. The Labute approximate surface area is 189 Å². The van der Waals surface area contributed by atoms with Crippen molar-refractivity contribution < 1.29 is 19.1 Å². The maximum Gasteiger partial charge on any atom is 0.225 e. The molecule has 3 aliphatic rings. The number of hydrogen-bond acceptors (Lipinski definition) is 5. The Morgan fingerprint density at radius 3 is 2.62 bits per heavy atom. The van der Waals surface area contributed by atoms with Gasteiger partial charge in [0.1, 0.15) is 0 Å². The van der Waals surface area contributed by atoms with Crippen molar-refractivity contribution >= 4 is 23.4 Å². The fourth-order valence-corrected chi connectivity index (χ4v) is 4.38. The quantitative estimate of drug-likeness (QED) is 0.638. The Morgan fingerprint density at radius 1 is 1.03 bits per heavy atom. The van der Waals surface area contributed by atoms with Crippen LogP contribution in [0, 0.1) is 11.8 Å². The summed E-state index contributed by atoms with van der Waals surface area (Å²) in [5.41, 5.74) is 1.67. The largest absolute Gasteiger partial charge is 0.379 e. The summed E-state index contributed by atoms with van der Waals surface area (Å²) in [6.45, 7) is 5.63. The van der Waals surface area contributed by atoms with Gasteiger partial charge in [0, 0.05) is 57.3 Å². The lowest BCUT2D eigenvalue weighted by Gasteiger charge is -2.32. The van der Waals surface area contributed by atoms with E-state index in [1.54, 1.807) is 0 Å². The summed E-state index contributed by atoms with van der Waals surface area (Å²) in [6, 6.07) is 7.58. The summed E-state index contributed by atoms with van der Waals surface area (Å²) in [4.78, 5) is 41.4. The van der Waals surface area contributed by atoms with Gasteiger partial charge in [-0.05, 0) is 43.4 Å². The van der Waals surface area contributed by atoms with E-state index in [0.29, 0.717) is 19.5 Å². The predicted molar refractivity (Wildman–Crippen MR) is 121 cm³/mol. The Kier molecular flexibility index (Phi) is 7.76. The molecule has 0 bridgehead atoms. The Morgan fingerprint density at radius 2 is 1.84 bits per heavy atom. The van der Waals surface area contributed by atoms with E-state index in [1.807, 2.05) is 29.2 Å². The van der Waals surface area contributed by atoms with Gasteiger partial charge in [-0.1, -0.05) is 12.1 Å². The van der Waals surface area contributed by atoms with Gasteiger partial charge < -0.3 is 20.3 Å². The minimum absolute atomic E-state index is 0.00162. The van der Waals surface area contributed by atoms with Crippen LogP contribution < -0.4 is 10.6 Å². The molecule has 2 aliphatic heterocycles. The molecular weight excluding hydrogens is 408 g/mol. The normalized spacial score (nSPS) is 21.8. The van der Waals surface area contributed by atoms with Gasteiger partial charge in [0.05, 0.1) is 19.1 Å². The molecule has 1 atom stereocenters. The zero-order valence-electron chi connectivity index (χ0n) is 18.7. The van der Waals surface area contributed by atoms with Crippen molar-refractivity contribution in [2.75, 3.05) is 51.3 Å². The molecule has 3 amide bonds. The molecule has 1 aliphatic carbocycles. The number of ether oxygens (including phenoxy) is 1. The summed E-state index contributed by atoms with van der Waals surface area (Å²) >= 11 is 0. The number of nitrogens with zero attached hydrogens (tertiary/aromatic N) is 2. The highest BCUT2D eigenvalue weighted by Crippen LogP contribution is 2.32. The highest BCUT2D eigenvalue weighted by atomic mass is 16.5. The minimum Gasteiger partial charge on any atom is -0.379 e. The number of nitrogens with one attached hydrogen (secondary N) is 2. The molecule has 0 radical (unpaired) electrons. The molecule has 1 aromatic carbocycles. The Balaban J connectivity index is 1.21. The van der Waals surface area contributed by atoms with E-state index >= 15 is 0 Å². The number of piperidine rings is 1. The summed E-state index contributed by atoms with van der Waals surface area (Å²) < 4.78 is 5.33. The molecule has 0 spiro atoms. The number of carbonyl (C=O) groups is 3. The third-order valence-electron chi connectivity index (χ3n) is 6.47. The molecule has 4 rings (SSSR count). The van der Waals surface area contributed by atoms with E-state index < -0.39 is 0 Å². The lowest BCUT2D eigenvalue weighted by molar-refractivity contribution is -0.136. The molecule has 0 aromatic heterocycles. The lowest BCUT2D eigenvalue weighted by atomic mass is 9.96. The van der Waals surface area contributed by atoms with Crippen LogP contribution in [0.5, 0.6) is 0 Å². The molecule has 8 nitrogen and oxygen atoms in total. The molecular formula is C24H34N4O4. The van der Waals surface area contributed by atoms with Gasteiger partial charge in [-0.25, -0.2) is 0 Å². The van der Waals surface area contributed by atoms with Crippen molar-refractivity contribution in [3.63, 3.8) is 0 Å². The Bertz CT molecular complexity index is 820. The number of morpholine rings is 1. The summed E-state index contributed by atoms with van der Waals surface area (Å²) in [5.74, 6) is 0.260. The van der Waals surface area contributed by atoms with Crippen LogP contribution in [0.15, 0.2) is 24.3 Å². The van der Waals surface area contributed by atoms with E-state index in [4.69, 9.17) is 4.74 Å². The van der Waals surface area contributed by atoms with Gasteiger partial charge >= 0.3 is 0 Å². The average molecular weight is 443 g/mol. The highest BCUT2D eigenvalue weighted by molar-refractivity contribution is 5.91. The highest BCUT2D eigenvalue weighted by Gasteiger charge is 2.36. The summed E-state index contributed by atoms with van der Waals surface area (Å²) in [7, 11) is 0. The van der Waals surface area contributed by atoms with Crippen molar-refractivity contribution in [3.8, 4) is 0 Å². The topological polar surface area (TPSA) is 91.0 Å². The summed E-state index contributed by atoms with van der Waals surface area (Å²) in [6.07, 6.45) is 4.12. The maximum atomic E-state index is 12.7. The first kappa shape index (κ1) is 22.7. The molecule has 2 N–H and O–H groups in total. The minimum atomic E-state index is -0.144. The average Bonchev–Trinajstić information content (AvgIpc) is 3.67. The van der Waals surface area contributed by atoms with E-state index in [1.165, 1.54) is 0 Å². The second-order valence-corrected chi connectivity index (χ2v) is 9.07. The number of carbonyl (C=O) groups excluding carboxylic acids is 3. The SMILES string of the molecule is O=C(CCN1CCOCC1)Nc1cccc(CNC(=O)C2CCCN(C(=O)C3CC3)C2)c1. The van der Waals surface area contributed by atoms with E-state index in [-0.39, 0.29) is 29.6 Å². The van der Waals surface area contributed by atoms with Gasteiger partial charge in [0.25, 0.3) is 0 Å². The second kappa shape index (κ2) is 10.9. The van der Waals surface area contributed by atoms with Crippen molar-refractivity contribution in [3.05, 3.63) is 29.8 Å². The van der Waals surface area contributed by atoms with Crippen LogP contribution in [0.3, 0.4) is 0 Å². The first-order valence-corrected chi connectivity index (χ1v) is 11.8. The van der Waals surface area contributed by atoms with Crippen LogP contribution in [0.25, 0.3) is 0 Å². The number of anilines is 1. The van der Waals surface area contributed by atoms with E-state index in [9.17, 15) is 14.4 Å². The first-order valence-electron chi connectivity index (χ1n) is 11.8. The van der Waals surface area contributed by atoms with Crippen LogP contribution in [0.2, 0.25) is 0 Å². The smallest absolute Gasteiger partial charge is 0.225 e. The van der Waals surface area contributed by atoms with Crippen molar-refractivity contribution in [1.82, 2.24) is 15.1 Å². The fraction of sp³-hybridized carbons (Fsp3) is 0.625. The number of hydrogen-bond donors (Lipinski definition) is 2. The maximum absolute atomic E-state index is 12.7. The van der Waals surface area contributed by atoms with E-state index in [2.05, 4.69) is 15.5 Å². The molecule has 3 fully saturated rings. The molecule has 1 aromatic rings. The summed E-state index contributed by atoms with van der Waals surface area (Å²) in [5, 5.41) is 5.97. The van der Waals surface area contributed by atoms with Crippen molar-refractivity contribution in [2.24, 2.45) is 11.8 Å². The molecule has 1 saturated carbocycles. The first-order chi connectivity index (χ1) is 15.6. The van der Waals surface area contributed by atoms with Crippen LogP contribution in [-0.4, -0.2) is 73.5 Å². The molecule has 32 heavy (non-hydrogen) atoms. The van der Waals surface area contributed by atoms with Crippen LogP contribution in [-0.2, 0) is 25.7 Å². The van der Waals surface area contributed by atoms with Crippen molar-refractivity contribution in [2.45, 2.75) is 38.6 Å². The number of amides is 3. The molecule has 2 saturated heterocycles. The van der Waals surface area contributed by atoms with E-state index in [0.717, 1.165) is 76.3 Å². The zero-order chi connectivity index (χ0) is 22.3. The Hall–Kier alpha value is -2.45. The second-order valence-electron chi connectivity index (χ2n) is 9.07. The van der Waals surface area contributed by atoms with Gasteiger partial charge in [-0.2, -0.15) is 0 Å². The van der Waals surface area contributed by atoms with Crippen LogP contribution in [0.4, 0.5) is 5.69 Å². The molecule has 8 heteroatoms. The van der Waals surface area contributed by atoms with Crippen LogP contribution >= 0.6 is 0 Å². The number of likely N-dealkylation sites (tertiary alicyclic amines) is 1. The van der Waals surface area contributed by atoms with Crippen LogP contribution in [0.1, 0.15) is 37.7 Å². The standard InChI is InChI=1S/C24H34N4O4/c29-22(8-10-27-11-13-32-14-12-27)26-21-5-1-3-18(15-21)16-25-23(30)20-4-2-9-28(17-20)24(31)19-6-7-19/h1,3,5,15,19-20H,2,4,6-14,16-17H2,(H,25,30)(H,26,29). The molecule has 1 unspecified atom stereocenters. The monoisotopic (exact) mass is 442 g/mol. The van der Waals surface area contributed by atoms with Gasteiger partial charge in [0.15, 0.2) is 0 Å². The zero-order valence-corrected chi connectivity index (χ0v) is 18.7. The predicted octanol–water partition coefficient (Wildman–Crippen LogP) is 1.61. The van der Waals surface area contributed by atoms with Gasteiger partial charge in [-0.3, -0.25) is 19.3 Å². The van der Waals surface area contributed by atoms with Crippen molar-refractivity contribution in [1.29, 1.82) is 0 Å².